The second-order valence-corrected chi connectivity index (χ2v) is 2.86. The van der Waals surface area contributed by atoms with Crippen LogP contribution in [0, 0.1) is 0 Å². The summed E-state index contributed by atoms with van der Waals surface area (Å²) in [5, 5.41) is 9.35. The van der Waals surface area contributed by atoms with Crippen molar-refractivity contribution in [2.45, 2.75) is 12.5 Å². The van der Waals surface area contributed by atoms with Gasteiger partial charge in [-0.2, -0.15) is 0 Å². The molecule has 1 atom stereocenters. The summed E-state index contributed by atoms with van der Waals surface area (Å²) in [7, 11) is 0. The van der Waals surface area contributed by atoms with E-state index in [0.29, 0.717) is 6.42 Å². The van der Waals surface area contributed by atoms with E-state index >= 15 is 0 Å². The van der Waals surface area contributed by atoms with Crippen molar-refractivity contribution >= 4 is 6.08 Å². The van der Waals surface area contributed by atoms with Crippen molar-refractivity contribution in [3.8, 4) is 0 Å². The maximum atomic E-state index is 9.35. The van der Waals surface area contributed by atoms with Crippen molar-refractivity contribution in [2.24, 2.45) is 0 Å². The fourth-order valence-corrected chi connectivity index (χ4v) is 1.04. The van der Waals surface area contributed by atoms with Crippen molar-refractivity contribution in [3.05, 3.63) is 54.6 Å². The summed E-state index contributed by atoms with van der Waals surface area (Å²) >= 11 is 0. The molecule has 0 fully saturated rings. The van der Waals surface area contributed by atoms with Crippen LogP contribution in [0.15, 0.2) is 49.1 Å². The van der Waals surface area contributed by atoms with E-state index in [9.17, 15) is 5.11 Å². The standard InChI is InChI=1S/C12H14O/c1-2-6-12(13)10-9-11-7-4-3-5-8-11/h2-5,7-10,12-13H,1,6H2/b10-9+/t12-/m1/s1. The first kappa shape index (κ1) is 9.75. The molecule has 68 valence electrons. The Hall–Kier alpha value is -1.34. The van der Waals surface area contributed by atoms with Gasteiger partial charge >= 0.3 is 0 Å². The Morgan fingerprint density at radius 1 is 1.31 bits per heavy atom. The first-order chi connectivity index (χ1) is 6.33. The Balaban J connectivity index is 2.53. The van der Waals surface area contributed by atoms with Crippen LogP contribution in [0.1, 0.15) is 12.0 Å². The zero-order chi connectivity index (χ0) is 9.52. The fraction of sp³-hybridized carbons (Fsp3) is 0.167. The molecule has 0 radical (unpaired) electrons. The largest absolute Gasteiger partial charge is 0.389 e. The van der Waals surface area contributed by atoms with E-state index in [1.54, 1.807) is 12.2 Å². The smallest absolute Gasteiger partial charge is 0.0758 e. The summed E-state index contributed by atoms with van der Waals surface area (Å²) in [6.45, 7) is 3.56. The van der Waals surface area contributed by atoms with Gasteiger partial charge in [0.15, 0.2) is 0 Å². The molecule has 1 nitrogen and oxygen atoms in total. The molecule has 1 N–H and O–H groups in total. The monoisotopic (exact) mass is 174 g/mol. The lowest BCUT2D eigenvalue weighted by Crippen LogP contribution is -1.98. The van der Waals surface area contributed by atoms with Gasteiger partial charge in [0.2, 0.25) is 0 Å². The fourth-order valence-electron chi connectivity index (χ4n) is 1.04. The van der Waals surface area contributed by atoms with Crippen LogP contribution in [0.5, 0.6) is 0 Å². The van der Waals surface area contributed by atoms with Gasteiger partial charge in [-0.1, -0.05) is 48.6 Å². The predicted molar refractivity (Wildman–Crippen MR) is 56.3 cm³/mol. The summed E-state index contributed by atoms with van der Waals surface area (Å²) in [5.41, 5.74) is 1.10. The summed E-state index contributed by atoms with van der Waals surface area (Å²) in [4.78, 5) is 0. The Morgan fingerprint density at radius 3 is 2.62 bits per heavy atom. The highest BCUT2D eigenvalue weighted by atomic mass is 16.3. The van der Waals surface area contributed by atoms with Gasteiger partial charge < -0.3 is 5.11 Å². The molecule has 1 aromatic rings. The number of benzene rings is 1. The third-order valence-electron chi connectivity index (χ3n) is 1.72. The molecule has 0 aliphatic heterocycles. The molecule has 1 aromatic carbocycles. The van der Waals surface area contributed by atoms with E-state index in [2.05, 4.69) is 6.58 Å². The SMILES string of the molecule is C=CC[C@@H](O)/C=C/c1ccccc1. The van der Waals surface area contributed by atoms with Crippen molar-refractivity contribution in [2.75, 3.05) is 0 Å². The molecule has 0 saturated heterocycles. The zero-order valence-electron chi connectivity index (χ0n) is 7.56. The van der Waals surface area contributed by atoms with E-state index in [0.717, 1.165) is 5.56 Å². The molecule has 0 heterocycles. The minimum atomic E-state index is -0.419. The third kappa shape index (κ3) is 3.72. The van der Waals surface area contributed by atoms with Crippen LogP contribution in [-0.2, 0) is 0 Å². The van der Waals surface area contributed by atoms with Gasteiger partial charge in [0.05, 0.1) is 6.10 Å². The molecule has 1 heteroatoms. The highest BCUT2D eigenvalue weighted by molar-refractivity contribution is 5.49. The molecule has 1 rings (SSSR count). The Kier molecular flexibility index (Phi) is 4.00. The molecule has 0 aromatic heterocycles. The summed E-state index contributed by atoms with van der Waals surface area (Å²) in [6, 6.07) is 9.91. The highest BCUT2D eigenvalue weighted by Gasteiger charge is 1.93. The van der Waals surface area contributed by atoms with Crippen LogP contribution in [0.3, 0.4) is 0 Å². The minimum Gasteiger partial charge on any atom is -0.389 e. The van der Waals surface area contributed by atoms with Crippen LogP contribution in [-0.4, -0.2) is 11.2 Å². The molecule has 0 saturated carbocycles. The van der Waals surface area contributed by atoms with Gasteiger partial charge in [-0.15, -0.1) is 6.58 Å². The van der Waals surface area contributed by atoms with Crippen LogP contribution < -0.4 is 0 Å². The van der Waals surface area contributed by atoms with Gasteiger partial charge in [-0.05, 0) is 12.0 Å². The number of rotatable bonds is 4. The van der Waals surface area contributed by atoms with Gasteiger partial charge in [0.25, 0.3) is 0 Å². The van der Waals surface area contributed by atoms with E-state index in [1.165, 1.54) is 0 Å². The van der Waals surface area contributed by atoms with E-state index in [1.807, 2.05) is 36.4 Å². The summed E-state index contributed by atoms with van der Waals surface area (Å²) in [5.74, 6) is 0. The van der Waals surface area contributed by atoms with Crippen molar-refractivity contribution in [3.63, 3.8) is 0 Å². The normalized spacial score (nSPS) is 13.0. The number of hydrogen-bond acceptors (Lipinski definition) is 1. The lowest BCUT2D eigenvalue weighted by molar-refractivity contribution is 0.228. The van der Waals surface area contributed by atoms with Gasteiger partial charge in [0.1, 0.15) is 0 Å². The highest BCUT2D eigenvalue weighted by Crippen LogP contribution is 2.03. The third-order valence-corrected chi connectivity index (χ3v) is 1.72. The lowest BCUT2D eigenvalue weighted by atomic mass is 10.1. The second kappa shape index (κ2) is 5.33. The van der Waals surface area contributed by atoms with Crippen LogP contribution in [0.25, 0.3) is 6.08 Å². The summed E-state index contributed by atoms with van der Waals surface area (Å²) in [6.07, 6.45) is 5.58. The zero-order valence-corrected chi connectivity index (χ0v) is 7.56. The molecule has 0 bridgehead atoms. The maximum absolute atomic E-state index is 9.35. The maximum Gasteiger partial charge on any atom is 0.0758 e. The van der Waals surface area contributed by atoms with Crippen LogP contribution in [0.2, 0.25) is 0 Å². The number of hydrogen-bond donors (Lipinski definition) is 1. The topological polar surface area (TPSA) is 20.2 Å². The average molecular weight is 174 g/mol. The molecule has 0 unspecified atom stereocenters. The molecule has 0 spiro atoms. The van der Waals surface area contributed by atoms with E-state index in [-0.39, 0.29) is 0 Å². The van der Waals surface area contributed by atoms with E-state index < -0.39 is 6.10 Å². The quantitative estimate of drug-likeness (QED) is 0.696. The van der Waals surface area contributed by atoms with E-state index in [4.69, 9.17) is 0 Å². The Morgan fingerprint density at radius 2 is 2.00 bits per heavy atom. The first-order valence-electron chi connectivity index (χ1n) is 4.35. The molecule has 0 aliphatic rings. The first-order valence-corrected chi connectivity index (χ1v) is 4.35. The van der Waals surface area contributed by atoms with Gasteiger partial charge in [-0.3, -0.25) is 0 Å². The molecular weight excluding hydrogens is 160 g/mol. The van der Waals surface area contributed by atoms with Crippen molar-refractivity contribution in [1.29, 1.82) is 0 Å². The predicted octanol–water partition coefficient (Wildman–Crippen LogP) is 2.64. The lowest BCUT2D eigenvalue weighted by Gasteiger charge is -1.99. The van der Waals surface area contributed by atoms with Crippen LogP contribution in [0.4, 0.5) is 0 Å². The summed E-state index contributed by atoms with van der Waals surface area (Å²) < 4.78 is 0. The minimum absolute atomic E-state index is 0.419. The molecule has 13 heavy (non-hydrogen) atoms. The number of aliphatic hydroxyl groups is 1. The van der Waals surface area contributed by atoms with Gasteiger partial charge in [-0.25, -0.2) is 0 Å². The second-order valence-electron chi connectivity index (χ2n) is 2.86. The Labute approximate surface area is 79.0 Å². The van der Waals surface area contributed by atoms with Gasteiger partial charge in [0, 0.05) is 0 Å². The van der Waals surface area contributed by atoms with Crippen LogP contribution >= 0.6 is 0 Å². The number of aliphatic hydroxyl groups excluding tert-OH is 1. The Bertz CT molecular complexity index is 274. The molecule has 0 aliphatic carbocycles. The van der Waals surface area contributed by atoms with Crippen molar-refractivity contribution in [1.82, 2.24) is 0 Å². The van der Waals surface area contributed by atoms with Crippen molar-refractivity contribution < 1.29 is 5.11 Å². The average Bonchev–Trinajstić information content (AvgIpc) is 2.17. The molecule has 0 amide bonds. The molecular formula is C12H14O.